The van der Waals surface area contributed by atoms with Crippen molar-refractivity contribution in [2.75, 3.05) is 26.2 Å². The summed E-state index contributed by atoms with van der Waals surface area (Å²) in [5.74, 6) is -0.133. The molecule has 0 unspecified atom stereocenters. The van der Waals surface area contributed by atoms with Crippen molar-refractivity contribution in [3.63, 3.8) is 0 Å². The SMILES string of the molecule is O=C(c1cn(-c2ccccc2)nn1)N1CCC[C@H](N2CCNC2=O)C1. The zero-order valence-electron chi connectivity index (χ0n) is 13.8. The average Bonchev–Trinajstić information content (AvgIpc) is 3.31. The van der Waals surface area contributed by atoms with E-state index < -0.39 is 0 Å². The molecule has 0 aliphatic carbocycles. The molecule has 1 atom stereocenters. The van der Waals surface area contributed by atoms with Crippen molar-refractivity contribution in [3.8, 4) is 5.69 Å². The first-order chi connectivity index (χ1) is 12.2. The summed E-state index contributed by atoms with van der Waals surface area (Å²) >= 11 is 0. The van der Waals surface area contributed by atoms with E-state index in [0.29, 0.717) is 31.9 Å². The molecule has 3 amide bonds. The van der Waals surface area contributed by atoms with Crippen LogP contribution in [0.1, 0.15) is 23.3 Å². The third-order valence-electron chi connectivity index (χ3n) is 4.75. The van der Waals surface area contributed by atoms with E-state index in [0.717, 1.165) is 18.5 Å². The molecule has 0 spiro atoms. The first-order valence-electron chi connectivity index (χ1n) is 8.54. The molecule has 25 heavy (non-hydrogen) atoms. The van der Waals surface area contributed by atoms with E-state index in [1.165, 1.54) is 0 Å². The lowest BCUT2D eigenvalue weighted by Gasteiger charge is -2.36. The van der Waals surface area contributed by atoms with Crippen LogP contribution in [0.5, 0.6) is 0 Å². The summed E-state index contributed by atoms with van der Waals surface area (Å²) in [6.07, 6.45) is 3.46. The van der Waals surface area contributed by atoms with E-state index in [1.807, 2.05) is 35.2 Å². The molecule has 8 heteroatoms. The van der Waals surface area contributed by atoms with Crippen molar-refractivity contribution in [1.29, 1.82) is 0 Å². The number of benzene rings is 1. The molecule has 2 aliphatic heterocycles. The van der Waals surface area contributed by atoms with Gasteiger partial charge in [0, 0.05) is 26.2 Å². The van der Waals surface area contributed by atoms with Crippen LogP contribution in [0, 0.1) is 0 Å². The third kappa shape index (κ3) is 3.07. The van der Waals surface area contributed by atoms with Gasteiger partial charge in [0.1, 0.15) is 0 Å². The molecule has 2 saturated heterocycles. The fraction of sp³-hybridized carbons (Fsp3) is 0.412. The summed E-state index contributed by atoms with van der Waals surface area (Å²) in [7, 11) is 0. The molecule has 0 saturated carbocycles. The molecule has 2 aromatic rings. The second-order valence-corrected chi connectivity index (χ2v) is 6.36. The topological polar surface area (TPSA) is 83.4 Å². The largest absolute Gasteiger partial charge is 0.336 e. The summed E-state index contributed by atoms with van der Waals surface area (Å²) < 4.78 is 1.60. The van der Waals surface area contributed by atoms with E-state index in [9.17, 15) is 9.59 Å². The summed E-state index contributed by atoms with van der Waals surface area (Å²) in [4.78, 5) is 28.3. The number of para-hydroxylation sites is 1. The number of carbonyl (C=O) groups is 2. The highest BCUT2D eigenvalue weighted by Crippen LogP contribution is 2.19. The third-order valence-corrected chi connectivity index (χ3v) is 4.75. The molecule has 2 fully saturated rings. The lowest BCUT2D eigenvalue weighted by atomic mass is 10.0. The van der Waals surface area contributed by atoms with Crippen molar-refractivity contribution >= 4 is 11.9 Å². The minimum absolute atomic E-state index is 0.0330. The van der Waals surface area contributed by atoms with Crippen LogP contribution in [0.2, 0.25) is 0 Å². The maximum Gasteiger partial charge on any atom is 0.317 e. The molecule has 1 aromatic heterocycles. The minimum Gasteiger partial charge on any atom is -0.336 e. The van der Waals surface area contributed by atoms with Gasteiger partial charge in [-0.05, 0) is 25.0 Å². The molecule has 3 heterocycles. The van der Waals surface area contributed by atoms with Crippen molar-refractivity contribution in [2.45, 2.75) is 18.9 Å². The molecule has 4 rings (SSSR count). The van der Waals surface area contributed by atoms with Gasteiger partial charge in [0.15, 0.2) is 5.69 Å². The van der Waals surface area contributed by atoms with Gasteiger partial charge in [-0.3, -0.25) is 4.79 Å². The highest BCUT2D eigenvalue weighted by molar-refractivity contribution is 5.92. The molecule has 8 nitrogen and oxygen atoms in total. The van der Waals surface area contributed by atoms with Crippen LogP contribution in [0.3, 0.4) is 0 Å². The second-order valence-electron chi connectivity index (χ2n) is 6.36. The number of hydrogen-bond acceptors (Lipinski definition) is 4. The number of carbonyl (C=O) groups excluding carboxylic acids is 2. The molecule has 1 N–H and O–H groups in total. The number of nitrogens with zero attached hydrogens (tertiary/aromatic N) is 5. The molecular formula is C17H20N6O2. The Balaban J connectivity index is 1.47. The van der Waals surface area contributed by atoms with Crippen molar-refractivity contribution in [1.82, 2.24) is 30.1 Å². The Kier molecular flexibility index (Phi) is 4.09. The van der Waals surface area contributed by atoms with Gasteiger partial charge in [-0.25, -0.2) is 9.48 Å². The maximum absolute atomic E-state index is 12.8. The van der Waals surface area contributed by atoms with Gasteiger partial charge in [-0.1, -0.05) is 23.4 Å². The summed E-state index contributed by atoms with van der Waals surface area (Å²) in [5.41, 5.74) is 1.19. The van der Waals surface area contributed by atoms with Crippen LogP contribution in [0.25, 0.3) is 5.69 Å². The number of aromatic nitrogens is 3. The minimum atomic E-state index is -0.133. The van der Waals surface area contributed by atoms with Crippen LogP contribution in [-0.4, -0.2) is 69.0 Å². The summed E-state index contributed by atoms with van der Waals surface area (Å²) in [6, 6.07) is 9.61. The van der Waals surface area contributed by atoms with Gasteiger partial charge in [0.2, 0.25) is 0 Å². The Labute approximate surface area is 145 Å². The smallest absolute Gasteiger partial charge is 0.317 e. The van der Waals surface area contributed by atoms with Gasteiger partial charge >= 0.3 is 6.03 Å². The Morgan fingerprint density at radius 2 is 2.04 bits per heavy atom. The van der Waals surface area contributed by atoms with Gasteiger partial charge in [0.25, 0.3) is 5.91 Å². The monoisotopic (exact) mass is 340 g/mol. The van der Waals surface area contributed by atoms with Crippen molar-refractivity contribution in [2.24, 2.45) is 0 Å². The van der Waals surface area contributed by atoms with Crippen LogP contribution >= 0.6 is 0 Å². The molecule has 0 bridgehead atoms. The Bertz CT molecular complexity index is 774. The zero-order valence-corrected chi connectivity index (χ0v) is 13.8. The first-order valence-corrected chi connectivity index (χ1v) is 8.54. The van der Waals surface area contributed by atoms with Crippen LogP contribution in [-0.2, 0) is 0 Å². The Hall–Kier alpha value is -2.90. The fourth-order valence-corrected chi connectivity index (χ4v) is 3.46. The highest BCUT2D eigenvalue weighted by atomic mass is 16.2. The number of hydrogen-bond donors (Lipinski definition) is 1. The first kappa shape index (κ1) is 15.6. The summed E-state index contributed by atoms with van der Waals surface area (Å²) in [6.45, 7) is 2.61. The van der Waals surface area contributed by atoms with Gasteiger partial charge in [0.05, 0.1) is 17.9 Å². The number of rotatable bonds is 3. The molecule has 1 aromatic carbocycles. The second kappa shape index (κ2) is 6.54. The van der Waals surface area contributed by atoms with E-state index >= 15 is 0 Å². The number of piperidine rings is 1. The number of nitrogens with one attached hydrogen (secondary N) is 1. The summed E-state index contributed by atoms with van der Waals surface area (Å²) in [5, 5.41) is 10.9. The normalized spacial score (nSPS) is 20.6. The van der Waals surface area contributed by atoms with Gasteiger partial charge < -0.3 is 15.1 Å². The quantitative estimate of drug-likeness (QED) is 0.900. The number of likely N-dealkylation sites (tertiary alicyclic amines) is 1. The van der Waals surface area contributed by atoms with Gasteiger partial charge in [-0.15, -0.1) is 5.10 Å². The van der Waals surface area contributed by atoms with Crippen molar-refractivity contribution < 1.29 is 9.59 Å². The Morgan fingerprint density at radius 3 is 2.80 bits per heavy atom. The lowest BCUT2D eigenvalue weighted by Crippen LogP contribution is -2.50. The van der Waals surface area contributed by atoms with Crippen LogP contribution < -0.4 is 5.32 Å². The Morgan fingerprint density at radius 1 is 1.20 bits per heavy atom. The van der Waals surface area contributed by atoms with E-state index in [2.05, 4.69) is 15.6 Å². The van der Waals surface area contributed by atoms with Crippen LogP contribution in [0.4, 0.5) is 4.79 Å². The predicted molar refractivity (Wildman–Crippen MR) is 90.4 cm³/mol. The number of urea groups is 1. The lowest BCUT2D eigenvalue weighted by molar-refractivity contribution is 0.0628. The van der Waals surface area contributed by atoms with E-state index in [1.54, 1.807) is 15.8 Å². The molecule has 0 radical (unpaired) electrons. The van der Waals surface area contributed by atoms with Crippen molar-refractivity contribution in [3.05, 3.63) is 42.2 Å². The van der Waals surface area contributed by atoms with E-state index in [4.69, 9.17) is 0 Å². The fourth-order valence-electron chi connectivity index (χ4n) is 3.46. The van der Waals surface area contributed by atoms with Crippen LogP contribution in [0.15, 0.2) is 36.5 Å². The molecule has 130 valence electrons. The predicted octanol–water partition coefficient (Wildman–Crippen LogP) is 0.897. The highest BCUT2D eigenvalue weighted by Gasteiger charge is 2.33. The standard InChI is InChI=1S/C17H20N6O2/c24-16(15-12-23(20-19-15)13-5-2-1-3-6-13)21-9-4-7-14(11-21)22-10-8-18-17(22)25/h1-3,5-6,12,14H,4,7-11H2,(H,18,25)/t14-/m0/s1. The number of amides is 3. The average molecular weight is 340 g/mol. The maximum atomic E-state index is 12.8. The zero-order chi connectivity index (χ0) is 17.2. The van der Waals surface area contributed by atoms with Gasteiger partial charge in [-0.2, -0.15) is 0 Å². The molecular weight excluding hydrogens is 320 g/mol. The molecule has 2 aliphatic rings. The van der Waals surface area contributed by atoms with E-state index in [-0.39, 0.29) is 18.0 Å².